The van der Waals surface area contributed by atoms with Crippen LogP contribution in [0.1, 0.15) is 23.2 Å². The van der Waals surface area contributed by atoms with Crippen LogP contribution in [0.2, 0.25) is 0 Å². The van der Waals surface area contributed by atoms with Crippen molar-refractivity contribution in [2.75, 3.05) is 13.7 Å². The van der Waals surface area contributed by atoms with Crippen LogP contribution in [-0.4, -0.2) is 24.1 Å². The molecule has 25 heavy (non-hydrogen) atoms. The molecule has 0 radical (unpaired) electrons. The van der Waals surface area contributed by atoms with Crippen molar-refractivity contribution in [2.45, 2.75) is 19.4 Å². The van der Waals surface area contributed by atoms with Crippen molar-refractivity contribution in [2.24, 2.45) is 5.92 Å². The third-order valence-electron chi connectivity index (χ3n) is 4.66. The Hall–Kier alpha value is -2.75. The van der Waals surface area contributed by atoms with Crippen LogP contribution in [0, 0.1) is 5.92 Å². The van der Waals surface area contributed by atoms with E-state index in [4.69, 9.17) is 9.47 Å². The van der Waals surface area contributed by atoms with Gasteiger partial charge in [0, 0.05) is 28.6 Å². The summed E-state index contributed by atoms with van der Waals surface area (Å²) < 4.78 is 13.3. The van der Waals surface area contributed by atoms with Crippen molar-refractivity contribution < 1.29 is 14.3 Å². The summed E-state index contributed by atoms with van der Waals surface area (Å²) in [5, 5.41) is 1.04. The monoisotopic (exact) mass is 335 g/mol. The van der Waals surface area contributed by atoms with Crippen molar-refractivity contribution >= 4 is 16.7 Å². The number of benzene rings is 2. The molecule has 1 heterocycles. The Morgan fingerprint density at radius 2 is 1.80 bits per heavy atom. The Morgan fingerprint density at radius 3 is 2.56 bits per heavy atom. The molecule has 0 unspecified atom stereocenters. The highest BCUT2D eigenvalue weighted by Gasteiger charge is 2.32. The number of hydrogen-bond acceptors (Lipinski definition) is 3. The van der Waals surface area contributed by atoms with Crippen molar-refractivity contribution in [1.29, 1.82) is 0 Å². The SMILES string of the molecule is COc1ccccc1OCCn1cc(C(=O)C2CC2)c2ccccc21. The average molecular weight is 335 g/mol. The van der Waals surface area contributed by atoms with E-state index in [1.165, 1.54) is 0 Å². The van der Waals surface area contributed by atoms with Gasteiger partial charge in [-0.1, -0.05) is 30.3 Å². The number of aromatic nitrogens is 1. The number of fused-ring (bicyclic) bond motifs is 1. The molecule has 1 fully saturated rings. The first kappa shape index (κ1) is 15.8. The highest BCUT2D eigenvalue weighted by atomic mass is 16.5. The second-order valence-electron chi connectivity index (χ2n) is 6.39. The lowest BCUT2D eigenvalue weighted by Gasteiger charge is -2.11. The number of carbonyl (C=O) groups is 1. The number of carbonyl (C=O) groups excluding carboxylic acids is 1. The summed E-state index contributed by atoms with van der Waals surface area (Å²) in [5.74, 6) is 1.96. The van der Waals surface area contributed by atoms with Crippen molar-refractivity contribution in [1.82, 2.24) is 4.57 Å². The molecule has 1 aliphatic carbocycles. The zero-order valence-corrected chi connectivity index (χ0v) is 14.3. The molecule has 2 aromatic carbocycles. The van der Waals surface area contributed by atoms with Crippen molar-refractivity contribution in [3.8, 4) is 11.5 Å². The van der Waals surface area contributed by atoms with Crippen LogP contribution in [-0.2, 0) is 6.54 Å². The molecule has 128 valence electrons. The fourth-order valence-electron chi connectivity index (χ4n) is 3.19. The first-order valence-electron chi connectivity index (χ1n) is 8.66. The van der Waals surface area contributed by atoms with E-state index in [1.54, 1.807) is 7.11 Å². The molecule has 0 aliphatic heterocycles. The molecule has 0 bridgehead atoms. The first-order valence-corrected chi connectivity index (χ1v) is 8.66. The zero-order chi connectivity index (χ0) is 17.2. The highest BCUT2D eigenvalue weighted by Crippen LogP contribution is 2.35. The minimum Gasteiger partial charge on any atom is -0.493 e. The quantitative estimate of drug-likeness (QED) is 0.604. The van der Waals surface area contributed by atoms with Crippen LogP contribution in [0.3, 0.4) is 0 Å². The van der Waals surface area contributed by atoms with Gasteiger partial charge < -0.3 is 14.0 Å². The lowest BCUT2D eigenvalue weighted by molar-refractivity contribution is 0.0969. The normalized spacial score (nSPS) is 13.8. The number of methoxy groups -OCH3 is 1. The van der Waals surface area contributed by atoms with Gasteiger partial charge in [-0.15, -0.1) is 0 Å². The van der Waals surface area contributed by atoms with E-state index in [9.17, 15) is 4.79 Å². The molecule has 1 aromatic heterocycles. The van der Waals surface area contributed by atoms with Crippen LogP contribution in [0.15, 0.2) is 54.7 Å². The molecule has 0 N–H and O–H groups in total. The van der Waals surface area contributed by atoms with E-state index >= 15 is 0 Å². The second-order valence-corrected chi connectivity index (χ2v) is 6.39. The van der Waals surface area contributed by atoms with E-state index in [-0.39, 0.29) is 11.7 Å². The van der Waals surface area contributed by atoms with E-state index in [1.807, 2.05) is 48.7 Å². The van der Waals surface area contributed by atoms with Gasteiger partial charge >= 0.3 is 0 Å². The molecule has 1 aliphatic rings. The van der Waals surface area contributed by atoms with Gasteiger partial charge in [0.25, 0.3) is 0 Å². The molecule has 4 nitrogen and oxygen atoms in total. The molecular weight excluding hydrogens is 314 g/mol. The molecule has 1 saturated carbocycles. The van der Waals surface area contributed by atoms with E-state index < -0.39 is 0 Å². The number of para-hydroxylation sites is 3. The Labute approximate surface area is 147 Å². The van der Waals surface area contributed by atoms with E-state index in [2.05, 4.69) is 10.6 Å². The molecule has 0 atom stereocenters. The van der Waals surface area contributed by atoms with Gasteiger partial charge in [0.2, 0.25) is 0 Å². The maximum atomic E-state index is 12.6. The zero-order valence-electron chi connectivity index (χ0n) is 14.3. The van der Waals surface area contributed by atoms with E-state index in [0.717, 1.165) is 40.8 Å². The molecule has 0 saturated heterocycles. The van der Waals surface area contributed by atoms with Gasteiger partial charge in [0.15, 0.2) is 17.3 Å². The van der Waals surface area contributed by atoms with Crippen LogP contribution in [0.5, 0.6) is 11.5 Å². The predicted molar refractivity (Wildman–Crippen MR) is 97.5 cm³/mol. The molecule has 3 aromatic rings. The molecular formula is C21H21NO3. The number of nitrogens with zero attached hydrogens (tertiary/aromatic N) is 1. The lowest BCUT2D eigenvalue weighted by atomic mass is 10.1. The maximum Gasteiger partial charge on any atom is 0.168 e. The molecule has 4 rings (SSSR count). The summed E-state index contributed by atoms with van der Waals surface area (Å²) in [5.41, 5.74) is 1.92. The van der Waals surface area contributed by atoms with Gasteiger partial charge in [0.05, 0.1) is 13.7 Å². The van der Waals surface area contributed by atoms with E-state index in [0.29, 0.717) is 13.2 Å². The fraction of sp³-hybridized carbons (Fsp3) is 0.286. The minimum absolute atomic E-state index is 0.226. The summed E-state index contributed by atoms with van der Waals surface area (Å²) in [6.07, 6.45) is 4.03. The van der Waals surface area contributed by atoms with Crippen LogP contribution >= 0.6 is 0 Å². The Balaban J connectivity index is 1.54. The predicted octanol–water partition coefficient (Wildman–Crippen LogP) is 4.32. The number of rotatable bonds is 7. The lowest BCUT2D eigenvalue weighted by Crippen LogP contribution is -2.08. The standard InChI is InChI=1S/C21H21NO3/c1-24-19-8-4-5-9-20(19)25-13-12-22-14-17(21(23)15-10-11-15)16-6-2-3-7-18(16)22/h2-9,14-15H,10-13H2,1H3. The van der Waals surface area contributed by atoms with Crippen molar-refractivity contribution in [3.63, 3.8) is 0 Å². The summed E-state index contributed by atoms with van der Waals surface area (Å²) in [6, 6.07) is 15.7. The maximum absolute atomic E-state index is 12.6. The topological polar surface area (TPSA) is 40.5 Å². The molecule has 4 heteroatoms. The van der Waals surface area contributed by atoms with Crippen LogP contribution < -0.4 is 9.47 Å². The van der Waals surface area contributed by atoms with Crippen molar-refractivity contribution in [3.05, 3.63) is 60.3 Å². The van der Waals surface area contributed by atoms with Gasteiger partial charge in [0.1, 0.15) is 6.61 Å². The number of ketones is 1. The van der Waals surface area contributed by atoms with Crippen LogP contribution in [0.4, 0.5) is 0 Å². The Bertz CT molecular complexity index is 908. The average Bonchev–Trinajstić information content (AvgIpc) is 3.44. The summed E-state index contributed by atoms with van der Waals surface area (Å²) in [4.78, 5) is 12.6. The Morgan fingerprint density at radius 1 is 1.08 bits per heavy atom. The Kier molecular flexibility index (Phi) is 4.18. The third kappa shape index (κ3) is 3.12. The fourth-order valence-corrected chi connectivity index (χ4v) is 3.19. The molecule has 0 amide bonds. The van der Waals surface area contributed by atoms with Gasteiger partial charge in [-0.3, -0.25) is 4.79 Å². The van der Waals surface area contributed by atoms with Gasteiger partial charge in [-0.2, -0.15) is 0 Å². The number of Topliss-reactive ketones (excluding diaryl/α,β-unsaturated/α-hetero) is 1. The summed E-state index contributed by atoms with van der Waals surface area (Å²) in [6.45, 7) is 1.19. The smallest absolute Gasteiger partial charge is 0.168 e. The number of ether oxygens (including phenoxy) is 2. The first-order chi connectivity index (χ1) is 12.3. The van der Waals surface area contributed by atoms with Gasteiger partial charge in [-0.05, 0) is 31.0 Å². The minimum atomic E-state index is 0.226. The second kappa shape index (κ2) is 6.63. The van der Waals surface area contributed by atoms with Gasteiger partial charge in [-0.25, -0.2) is 0 Å². The summed E-state index contributed by atoms with van der Waals surface area (Å²) >= 11 is 0. The molecule has 0 spiro atoms. The third-order valence-corrected chi connectivity index (χ3v) is 4.66. The highest BCUT2D eigenvalue weighted by molar-refractivity contribution is 6.09. The van der Waals surface area contributed by atoms with Crippen LogP contribution in [0.25, 0.3) is 10.9 Å². The number of hydrogen-bond donors (Lipinski definition) is 0. The summed E-state index contributed by atoms with van der Waals surface area (Å²) in [7, 11) is 1.64. The largest absolute Gasteiger partial charge is 0.493 e.